The van der Waals surface area contributed by atoms with Crippen molar-refractivity contribution in [2.75, 3.05) is 20.3 Å². The Morgan fingerprint density at radius 1 is 1.14 bits per heavy atom. The molecule has 4 rings (SSSR count). The smallest absolute Gasteiger partial charge is 0.295 e. The molecule has 2 atom stereocenters. The summed E-state index contributed by atoms with van der Waals surface area (Å²) in [6.07, 6.45) is 1.64. The number of benzene rings is 2. The zero-order valence-electron chi connectivity index (χ0n) is 16.2. The van der Waals surface area contributed by atoms with Crippen LogP contribution in [0.25, 0.3) is 5.76 Å². The molecule has 29 heavy (non-hydrogen) atoms. The molecule has 2 aliphatic rings. The standard InChI is InChI=1S/C23H23NO5/c1-28-18-12-6-5-11-17(18)20-19(21(25)15-8-3-2-4-9-15)22(26)23(27)24(20)14-16-10-7-13-29-16/h2-6,8-9,11-12,16,20,25H,7,10,13-14H2,1H3/t16-,20+/m1/s1. The molecule has 2 saturated heterocycles. The number of hydrogen-bond donors (Lipinski definition) is 1. The second kappa shape index (κ2) is 8.09. The lowest BCUT2D eigenvalue weighted by molar-refractivity contribution is -0.140. The second-order valence-electron chi connectivity index (χ2n) is 7.19. The van der Waals surface area contributed by atoms with E-state index in [1.807, 2.05) is 24.3 Å². The molecular formula is C23H23NO5. The molecule has 2 aromatic rings. The maximum Gasteiger partial charge on any atom is 0.295 e. The van der Waals surface area contributed by atoms with Crippen LogP contribution < -0.4 is 4.74 Å². The Morgan fingerprint density at radius 3 is 2.55 bits per heavy atom. The number of ketones is 1. The number of nitrogens with zero attached hydrogens (tertiary/aromatic N) is 1. The van der Waals surface area contributed by atoms with E-state index in [1.165, 1.54) is 4.90 Å². The Labute approximate surface area is 169 Å². The number of rotatable bonds is 5. The molecule has 2 fully saturated rings. The van der Waals surface area contributed by atoms with Crippen LogP contribution in [-0.2, 0) is 14.3 Å². The highest BCUT2D eigenvalue weighted by Gasteiger charge is 2.47. The third-order valence-electron chi connectivity index (χ3n) is 5.45. The normalized spacial score (nSPS) is 23.6. The fraction of sp³-hybridized carbons (Fsp3) is 0.304. The van der Waals surface area contributed by atoms with E-state index in [4.69, 9.17) is 9.47 Å². The largest absolute Gasteiger partial charge is 0.507 e. The highest BCUT2D eigenvalue weighted by Crippen LogP contribution is 2.43. The van der Waals surface area contributed by atoms with Crippen molar-refractivity contribution in [2.24, 2.45) is 0 Å². The van der Waals surface area contributed by atoms with E-state index < -0.39 is 17.7 Å². The van der Waals surface area contributed by atoms with E-state index in [1.54, 1.807) is 37.4 Å². The maximum absolute atomic E-state index is 13.0. The molecule has 0 spiro atoms. The molecule has 150 valence electrons. The number of methoxy groups -OCH3 is 1. The predicted molar refractivity (Wildman–Crippen MR) is 107 cm³/mol. The molecule has 2 aromatic carbocycles. The number of carbonyl (C=O) groups is 2. The number of aliphatic hydroxyl groups excluding tert-OH is 1. The van der Waals surface area contributed by atoms with E-state index in [-0.39, 0.29) is 17.4 Å². The first-order chi connectivity index (χ1) is 14.1. The van der Waals surface area contributed by atoms with Gasteiger partial charge in [0.25, 0.3) is 11.7 Å². The molecular weight excluding hydrogens is 370 g/mol. The number of likely N-dealkylation sites (tertiary alicyclic amines) is 1. The van der Waals surface area contributed by atoms with Gasteiger partial charge in [0, 0.05) is 24.3 Å². The summed E-state index contributed by atoms with van der Waals surface area (Å²) in [4.78, 5) is 27.5. The van der Waals surface area contributed by atoms with E-state index in [0.717, 1.165) is 12.8 Å². The number of para-hydroxylation sites is 1. The van der Waals surface area contributed by atoms with Gasteiger partial charge in [0.2, 0.25) is 0 Å². The molecule has 2 heterocycles. The average Bonchev–Trinajstić information content (AvgIpc) is 3.36. The second-order valence-corrected chi connectivity index (χ2v) is 7.19. The zero-order valence-corrected chi connectivity index (χ0v) is 16.2. The molecule has 6 nitrogen and oxygen atoms in total. The molecule has 1 N–H and O–H groups in total. The summed E-state index contributed by atoms with van der Waals surface area (Å²) in [5.74, 6) is -0.959. The van der Waals surface area contributed by atoms with Gasteiger partial charge >= 0.3 is 0 Å². The Morgan fingerprint density at radius 2 is 1.86 bits per heavy atom. The van der Waals surface area contributed by atoms with Crippen LogP contribution in [0.15, 0.2) is 60.2 Å². The lowest BCUT2D eigenvalue weighted by Gasteiger charge is -2.28. The summed E-state index contributed by atoms with van der Waals surface area (Å²) < 4.78 is 11.2. The van der Waals surface area contributed by atoms with Crippen molar-refractivity contribution in [3.05, 3.63) is 71.3 Å². The first-order valence-electron chi connectivity index (χ1n) is 9.70. The fourth-order valence-corrected chi connectivity index (χ4v) is 4.04. The molecule has 2 aliphatic heterocycles. The minimum atomic E-state index is -0.740. The summed E-state index contributed by atoms with van der Waals surface area (Å²) >= 11 is 0. The van der Waals surface area contributed by atoms with Gasteiger partial charge in [-0.3, -0.25) is 9.59 Å². The van der Waals surface area contributed by atoms with Gasteiger partial charge in [0.15, 0.2) is 0 Å². The number of Topliss-reactive ketones (excluding diaryl/α,β-unsaturated/α-hetero) is 1. The molecule has 0 radical (unpaired) electrons. The van der Waals surface area contributed by atoms with Crippen molar-refractivity contribution < 1.29 is 24.2 Å². The molecule has 0 unspecified atom stereocenters. The highest BCUT2D eigenvalue weighted by atomic mass is 16.5. The first-order valence-corrected chi connectivity index (χ1v) is 9.70. The van der Waals surface area contributed by atoms with Crippen molar-refractivity contribution in [3.63, 3.8) is 0 Å². The van der Waals surface area contributed by atoms with Crippen LogP contribution in [0, 0.1) is 0 Å². The zero-order chi connectivity index (χ0) is 20.4. The van der Waals surface area contributed by atoms with Gasteiger partial charge in [0.05, 0.1) is 24.8 Å². The first kappa shape index (κ1) is 19.2. The van der Waals surface area contributed by atoms with Crippen molar-refractivity contribution in [2.45, 2.75) is 25.0 Å². The van der Waals surface area contributed by atoms with Gasteiger partial charge in [-0.05, 0) is 18.9 Å². The number of amides is 1. The minimum Gasteiger partial charge on any atom is -0.507 e. The van der Waals surface area contributed by atoms with Gasteiger partial charge in [0.1, 0.15) is 11.5 Å². The predicted octanol–water partition coefficient (Wildman–Crippen LogP) is 3.30. The third kappa shape index (κ3) is 3.51. The summed E-state index contributed by atoms with van der Waals surface area (Å²) in [6, 6.07) is 15.3. The van der Waals surface area contributed by atoms with Crippen LogP contribution in [0.2, 0.25) is 0 Å². The van der Waals surface area contributed by atoms with Gasteiger partial charge in [-0.2, -0.15) is 0 Å². The van der Waals surface area contributed by atoms with Gasteiger partial charge in [-0.25, -0.2) is 0 Å². The lowest BCUT2D eigenvalue weighted by Crippen LogP contribution is -2.36. The van der Waals surface area contributed by atoms with Crippen LogP contribution >= 0.6 is 0 Å². The molecule has 0 aliphatic carbocycles. The number of ether oxygens (including phenoxy) is 2. The summed E-state index contributed by atoms with van der Waals surface area (Å²) in [7, 11) is 1.54. The van der Waals surface area contributed by atoms with E-state index in [0.29, 0.717) is 30.0 Å². The highest BCUT2D eigenvalue weighted by molar-refractivity contribution is 6.46. The van der Waals surface area contributed by atoms with Crippen LogP contribution in [0.4, 0.5) is 0 Å². The molecule has 0 aromatic heterocycles. The van der Waals surface area contributed by atoms with Crippen LogP contribution in [0.5, 0.6) is 5.75 Å². The molecule has 6 heteroatoms. The Kier molecular flexibility index (Phi) is 5.36. The monoisotopic (exact) mass is 393 g/mol. The van der Waals surface area contributed by atoms with E-state index >= 15 is 0 Å². The van der Waals surface area contributed by atoms with Crippen molar-refractivity contribution in [1.82, 2.24) is 4.90 Å². The number of aliphatic hydroxyl groups is 1. The average molecular weight is 393 g/mol. The maximum atomic E-state index is 13.0. The minimum absolute atomic E-state index is 0.0729. The van der Waals surface area contributed by atoms with Crippen LogP contribution in [-0.4, -0.2) is 48.1 Å². The van der Waals surface area contributed by atoms with Gasteiger partial charge in [-0.15, -0.1) is 0 Å². The SMILES string of the molecule is COc1ccccc1[C@H]1C(=C(O)c2ccccc2)C(=O)C(=O)N1C[C@H]1CCCO1. The van der Waals surface area contributed by atoms with Crippen molar-refractivity contribution in [1.29, 1.82) is 0 Å². The number of hydrogen-bond acceptors (Lipinski definition) is 5. The van der Waals surface area contributed by atoms with Gasteiger partial charge < -0.3 is 19.5 Å². The van der Waals surface area contributed by atoms with Crippen LogP contribution in [0.1, 0.15) is 30.0 Å². The topological polar surface area (TPSA) is 76.1 Å². The summed E-state index contributed by atoms with van der Waals surface area (Å²) in [5, 5.41) is 11.0. The Bertz CT molecular complexity index is 947. The molecule has 1 amide bonds. The van der Waals surface area contributed by atoms with Crippen molar-refractivity contribution in [3.8, 4) is 5.75 Å². The Hall–Kier alpha value is -3.12. The van der Waals surface area contributed by atoms with Gasteiger partial charge in [-0.1, -0.05) is 48.5 Å². The quantitative estimate of drug-likeness (QED) is 0.479. The van der Waals surface area contributed by atoms with E-state index in [9.17, 15) is 14.7 Å². The van der Waals surface area contributed by atoms with Crippen molar-refractivity contribution >= 4 is 17.4 Å². The lowest BCUT2D eigenvalue weighted by atomic mass is 9.94. The van der Waals surface area contributed by atoms with E-state index in [2.05, 4.69) is 0 Å². The van der Waals surface area contributed by atoms with Crippen LogP contribution in [0.3, 0.4) is 0 Å². The number of carbonyl (C=O) groups excluding carboxylic acids is 2. The molecule has 0 saturated carbocycles. The summed E-state index contributed by atoms with van der Waals surface area (Å²) in [6.45, 7) is 0.941. The molecule has 0 bridgehead atoms. The third-order valence-corrected chi connectivity index (χ3v) is 5.45. The Balaban J connectivity index is 1.86. The fourth-order valence-electron chi connectivity index (χ4n) is 4.04. The summed E-state index contributed by atoms with van der Waals surface area (Å²) in [5.41, 5.74) is 1.22.